The maximum atomic E-state index is 12.9. The van der Waals surface area contributed by atoms with E-state index >= 15 is 0 Å². The van der Waals surface area contributed by atoms with E-state index in [1.165, 1.54) is 0 Å². The molecule has 1 N–H and O–H groups in total. The van der Waals surface area contributed by atoms with Gasteiger partial charge in [0.25, 0.3) is 0 Å². The first-order chi connectivity index (χ1) is 10.7. The molecule has 0 spiro atoms. The maximum absolute atomic E-state index is 12.9. The van der Waals surface area contributed by atoms with Gasteiger partial charge in [0.05, 0.1) is 22.4 Å². The van der Waals surface area contributed by atoms with Gasteiger partial charge in [0.1, 0.15) is 0 Å². The molecular formula is C13H10ClF3N4OS. The number of halogens is 4. The van der Waals surface area contributed by atoms with E-state index in [9.17, 15) is 18.0 Å². The Morgan fingerprint density at radius 2 is 2.26 bits per heavy atom. The van der Waals surface area contributed by atoms with Crippen molar-refractivity contribution < 1.29 is 18.0 Å². The fourth-order valence-corrected chi connectivity index (χ4v) is 2.76. The van der Waals surface area contributed by atoms with Gasteiger partial charge in [-0.25, -0.2) is 0 Å². The summed E-state index contributed by atoms with van der Waals surface area (Å²) in [6.45, 7) is 1.64. The molecule has 23 heavy (non-hydrogen) atoms. The van der Waals surface area contributed by atoms with E-state index in [2.05, 4.69) is 21.4 Å². The summed E-state index contributed by atoms with van der Waals surface area (Å²) in [6.07, 6.45) is 1.33. The van der Waals surface area contributed by atoms with Gasteiger partial charge in [0.2, 0.25) is 5.91 Å². The number of rotatable bonds is 4. The summed E-state index contributed by atoms with van der Waals surface area (Å²) in [7, 11) is 0. The van der Waals surface area contributed by atoms with Crippen LogP contribution < -0.4 is 5.32 Å². The second-order valence-corrected chi connectivity index (χ2v) is 6.15. The average molecular weight is 363 g/mol. The van der Waals surface area contributed by atoms with Gasteiger partial charge in [-0.15, -0.1) is 16.6 Å². The first kappa shape index (κ1) is 17.4. The van der Waals surface area contributed by atoms with Gasteiger partial charge < -0.3 is 5.32 Å². The molecule has 0 aliphatic carbocycles. The lowest BCUT2D eigenvalue weighted by molar-refractivity contribution is -0.137. The van der Waals surface area contributed by atoms with Gasteiger partial charge in [-0.1, -0.05) is 29.3 Å². The van der Waals surface area contributed by atoms with Crippen LogP contribution in [0.4, 0.5) is 13.2 Å². The lowest BCUT2D eigenvalue weighted by Gasteiger charge is -2.11. The number of carbonyl (C=O) groups is 1. The third kappa shape index (κ3) is 3.89. The molecule has 0 fully saturated rings. The van der Waals surface area contributed by atoms with Gasteiger partial charge in [0.15, 0.2) is 10.8 Å². The van der Waals surface area contributed by atoms with Gasteiger partial charge in [0, 0.05) is 6.20 Å². The summed E-state index contributed by atoms with van der Waals surface area (Å²) in [5, 5.41) is 9.33. The Hall–Kier alpha value is -1.92. The zero-order valence-electron chi connectivity index (χ0n) is 11.7. The van der Waals surface area contributed by atoms with Crippen molar-refractivity contribution in [1.29, 1.82) is 0 Å². The van der Waals surface area contributed by atoms with Crippen LogP contribution >= 0.6 is 23.4 Å². The predicted octanol–water partition coefficient (Wildman–Crippen LogP) is 2.63. The van der Waals surface area contributed by atoms with Crippen molar-refractivity contribution in [2.75, 3.05) is 6.54 Å². The Balaban J connectivity index is 2.33. The highest BCUT2D eigenvalue weighted by molar-refractivity contribution is 8.00. The molecule has 122 valence electrons. The number of hydrogen-bond donors (Lipinski definition) is 1. The van der Waals surface area contributed by atoms with Crippen molar-refractivity contribution in [3.8, 4) is 12.3 Å². The van der Waals surface area contributed by atoms with E-state index in [4.69, 9.17) is 18.0 Å². The number of terminal acetylenes is 1. The number of amides is 1. The Kier molecular flexibility index (Phi) is 5.06. The fraction of sp³-hybridized carbons (Fsp3) is 0.308. The van der Waals surface area contributed by atoms with E-state index in [1.54, 1.807) is 6.92 Å². The minimum Gasteiger partial charge on any atom is -0.344 e. The SMILES string of the molecule is C#CCNC(=O)C(C)Sc1nnc2c(Cl)cc(C(F)(F)F)cn12. The minimum atomic E-state index is -4.56. The number of carbonyl (C=O) groups excluding carboxylic acids is 1. The first-order valence-electron chi connectivity index (χ1n) is 6.23. The molecule has 2 aromatic rings. The molecule has 0 aromatic carbocycles. The molecular weight excluding hydrogens is 353 g/mol. The van der Waals surface area contributed by atoms with Crippen LogP contribution in [0, 0.1) is 12.3 Å². The molecule has 0 bridgehead atoms. The van der Waals surface area contributed by atoms with Gasteiger partial charge in [-0.2, -0.15) is 13.2 Å². The molecule has 2 aromatic heterocycles. The molecule has 10 heteroatoms. The quantitative estimate of drug-likeness (QED) is 0.671. The van der Waals surface area contributed by atoms with Crippen molar-refractivity contribution in [1.82, 2.24) is 19.9 Å². The van der Waals surface area contributed by atoms with Crippen molar-refractivity contribution in [3.05, 3.63) is 22.8 Å². The summed E-state index contributed by atoms with van der Waals surface area (Å²) in [5.41, 5.74) is -0.848. The van der Waals surface area contributed by atoms with E-state index < -0.39 is 17.0 Å². The van der Waals surface area contributed by atoms with Crippen molar-refractivity contribution in [2.45, 2.75) is 23.5 Å². The molecule has 0 aliphatic rings. The van der Waals surface area contributed by atoms with E-state index in [0.29, 0.717) is 0 Å². The molecule has 5 nitrogen and oxygen atoms in total. The number of alkyl halides is 3. The topological polar surface area (TPSA) is 59.3 Å². The molecule has 0 radical (unpaired) electrons. The largest absolute Gasteiger partial charge is 0.417 e. The monoisotopic (exact) mass is 362 g/mol. The summed E-state index contributed by atoms with van der Waals surface area (Å²) in [4.78, 5) is 11.8. The number of hydrogen-bond acceptors (Lipinski definition) is 4. The molecule has 1 amide bonds. The zero-order chi connectivity index (χ0) is 17.2. The summed E-state index contributed by atoms with van der Waals surface area (Å²) in [6, 6.07) is 0.781. The third-order valence-corrected chi connectivity index (χ3v) is 4.11. The van der Waals surface area contributed by atoms with Gasteiger partial charge in [-0.05, 0) is 13.0 Å². The second-order valence-electron chi connectivity index (χ2n) is 4.43. The van der Waals surface area contributed by atoms with Crippen LogP contribution in [-0.2, 0) is 11.0 Å². The van der Waals surface area contributed by atoms with Crippen LogP contribution in [0.5, 0.6) is 0 Å². The average Bonchev–Trinajstić information content (AvgIpc) is 2.87. The molecule has 2 heterocycles. The molecule has 2 rings (SSSR count). The van der Waals surface area contributed by atoms with Crippen LogP contribution in [0.3, 0.4) is 0 Å². The predicted molar refractivity (Wildman–Crippen MR) is 80.2 cm³/mol. The number of nitrogens with one attached hydrogen (secondary N) is 1. The molecule has 0 saturated carbocycles. The highest BCUT2D eigenvalue weighted by Gasteiger charge is 2.32. The smallest absolute Gasteiger partial charge is 0.344 e. The Bertz CT molecular complexity index is 784. The number of fused-ring (bicyclic) bond motifs is 1. The van der Waals surface area contributed by atoms with Crippen molar-refractivity contribution >= 4 is 34.9 Å². The van der Waals surface area contributed by atoms with Crippen LogP contribution in [0.15, 0.2) is 17.4 Å². The lowest BCUT2D eigenvalue weighted by Crippen LogP contribution is -2.31. The normalized spacial score (nSPS) is 12.9. The number of thioether (sulfide) groups is 1. The van der Waals surface area contributed by atoms with Crippen LogP contribution in [0.25, 0.3) is 5.65 Å². The minimum absolute atomic E-state index is 0.0639. The highest BCUT2D eigenvalue weighted by Crippen LogP contribution is 2.33. The summed E-state index contributed by atoms with van der Waals surface area (Å²) < 4.78 is 39.7. The maximum Gasteiger partial charge on any atom is 0.417 e. The number of nitrogens with zero attached hydrogens (tertiary/aromatic N) is 3. The fourth-order valence-electron chi connectivity index (χ4n) is 1.66. The lowest BCUT2D eigenvalue weighted by atomic mass is 10.3. The molecule has 1 unspecified atom stereocenters. The zero-order valence-corrected chi connectivity index (χ0v) is 13.3. The summed E-state index contributed by atoms with van der Waals surface area (Å²) in [5.74, 6) is 1.90. The van der Waals surface area contributed by atoms with E-state index in [1.807, 2.05) is 0 Å². The van der Waals surface area contributed by atoms with Gasteiger partial charge in [-0.3, -0.25) is 9.20 Å². The molecule has 0 aliphatic heterocycles. The Labute approximate surface area is 138 Å². The molecule has 1 atom stereocenters. The Morgan fingerprint density at radius 3 is 2.87 bits per heavy atom. The number of aromatic nitrogens is 3. The first-order valence-corrected chi connectivity index (χ1v) is 7.49. The number of pyridine rings is 1. The standard InChI is InChI=1S/C13H10ClF3N4OS/c1-3-4-18-11(22)7(2)23-12-20-19-10-9(14)5-8(6-21(10)12)13(15,16)17/h1,5-7H,4H2,2H3,(H,18,22). The second kappa shape index (κ2) is 6.68. The highest BCUT2D eigenvalue weighted by atomic mass is 35.5. The van der Waals surface area contributed by atoms with Gasteiger partial charge >= 0.3 is 6.18 Å². The van der Waals surface area contributed by atoms with Crippen molar-refractivity contribution in [3.63, 3.8) is 0 Å². The van der Waals surface area contributed by atoms with Crippen LogP contribution in [0.1, 0.15) is 12.5 Å². The van der Waals surface area contributed by atoms with E-state index in [-0.39, 0.29) is 28.3 Å². The van der Waals surface area contributed by atoms with Crippen molar-refractivity contribution in [2.24, 2.45) is 0 Å². The van der Waals surface area contributed by atoms with E-state index in [0.717, 1.165) is 28.4 Å². The third-order valence-electron chi connectivity index (χ3n) is 2.77. The van der Waals surface area contributed by atoms with Crippen LogP contribution in [0.2, 0.25) is 5.02 Å². The summed E-state index contributed by atoms with van der Waals surface area (Å²) >= 11 is 6.76. The Morgan fingerprint density at radius 1 is 1.57 bits per heavy atom. The molecule has 0 saturated heterocycles. The van der Waals surface area contributed by atoms with Crippen LogP contribution in [-0.4, -0.2) is 32.3 Å².